The maximum atomic E-state index is 12.8. The first-order valence-corrected chi connectivity index (χ1v) is 10.5. The van der Waals surface area contributed by atoms with Crippen molar-refractivity contribution in [1.82, 2.24) is 4.90 Å². The molecule has 0 aliphatic carbocycles. The Hall–Kier alpha value is -2.53. The fourth-order valence-electron chi connectivity index (χ4n) is 3.50. The summed E-state index contributed by atoms with van der Waals surface area (Å²) in [5.74, 6) is 0.603. The fraction of sp³-hybridized carbons (Fsp3) is 0.304. The summed E-state index contributed by atoms with van der Waals surface area (Å²) < 4.78 is 0. The number of nitrogens with zero attached hydrogens (tertiary/aromatic N) is 1. The van der Waals surface area contributed by atoms with Gasteiger partial charge in [0.2, 0.25) is 0 Å². The van der Waals surface area contributed by atoms with E-state index in [9.17, 15) is 9.59 Å². The summed E-state index contributed by atoms with van der Waals surface area (Å²) >= 11 is 1.44. The van der Waals surface area contributed by atoms with Crippen molar-refractivity contribution < 1.29 is 9.59 Å². The second kappa shape index (κ2) is 7.84. The fourth-order valence-corrected chi connectivity index (χ4v) is 4.43. The van der Waals surface area contributed by atoms with Gasteiger partial charge in [-0.05, 0) is 55.5 Å². The molecule has 0 spiro atoms. The number of nitrogens with one attached hydrogen (secondary N) is 1. The van der Waals surface area contributed by atoms with Crippen LogP contribution in [0.5, 0.6) is 0 Å². The number of likely N-dealkylation sites (tertiary alicyclic amines) is 1. The third-order valence-electron chi connectivity index (χ3n) is 5.36. The van der Waals surface area contributed by atoms with E-state index in [2.05, 4.69) is 12.2 Å². The topological polar surface area (TPSA) is 49.4 Å². The van der Waals surface area contributed by atoms with E-state index in [1.54, 1.807) is 0 Å². The van der Waals surface area contributed by atoms with Gasteiger partial charge in [-0.3, -0.25) is 9.59 Å². The molecule has 4 nitrogen and oxygen atoms in total. The predicted octanol–water partition coefficient (Wildman–Crippen LogP) is 4.95. The number of benzene rings is 2. The lowest BCUT2D eigenvalue weighted by atomic mass is 9.98. The SMILES string of the molecule is Cc1ccc(/C=C2/Sc3ccc(C(=O)N4CCC(C)CC4)cc3NC2=O)cc1. The van der Waals surface area contributed by atoms with Gasteiger partial charge in [0.1, 0.15) is 0 Å². The molecule has 1 N–H and O–H groups in total. The van der Waals surface area contributed by atoms with Gasteiger partial charge in [-0.15, -0.1) is 0 Å². The zero-order valence-electron chi connectivity index (χ0n) is 16.2. The van der Waals surface area contributed by atoms with E-state index >= 15 is 0 Å². The number of hydrogen-bond acceptors (Lipinski definition) is 3. The van der Waals surface area contributed by atoms with E-state index in [-0.39, 0.29) is 11.8 Å². The number of rotatable bonds is 2. The van der Waals surface area contributed by atoms with E-state index in [1.807, 2.05) is 60.4 Å². The number of aryl methyl sites for hydroxylation is 1. The molecule has 4 rings (SSSR count). The minimum Gasteiger partial charge on any atom is -0.339 e. The van der Waals surface area contributed by atoms with E-state index in [4.69, 9.17) is 0 Å². The Morgan fingerprint density at radius 1 is 1.14 bits per heavy atom. The highest BCUT2D eigenvalue weighted by Gasteiger charge is 2.25. The molecular formula is C23H24N2O2S. The van der Waals surface area contributed by atoms with Crippen LogP contribution in [0.3, 0.4) is 0 Å². The van der Waals surface area contributed by atoms with Crippen molar-refractivity contribution in [2.75, 3.05) is 18.4 Å². The van der Waals surface area contributed by atoms with Gasteiger partial charge >= 0.3 is 0 Å². The van der Waals surface area contributed by atoms with Crippen LogP contribution in [-0.2, 0) is 4.79 Å². The molecule has 144 valence electrons. The zero-order chi connectivity index (χ0) is 19.7. The number of amides is 2. The van der Waals surface area contributed by atoms with Gasteiger partial charge in [0.05, 0.1) is 10.6 Å². The van der Waals surface area contributed by atoms with Gasteiger partial charge in [0.25, 0.3) is 11.8 Å². The van der Waals surface area contributed by atoms with Crippen molar-refractivity contribution in [2.24, 2.45) is 5.92 Å². The van der Waals surface area contributed by atoms with Gasteiger partial charge in [0.15, 0.2) is 0 Å². The average molecular weight is 393 g/mol. The molecule has 0 aromatic heterocycles. The molecular weight excluding hydrogens is 368 g/mol. The molecule has 1 fully saturated rings. The highest BCUT2D eigenvalue weighted by molar-refractivity contribution is 8.04. The van der Waals surface area contributed by atoms with Gasteiger partial charge < -0.3 is 10.2 Å². The van der Waals surface area contributed by atoms with Crippen molar-refractivity contribution in [3.8, 4) is 0 Å². The molecule has 2 aliphatic rings. The summed E-state index contributed by atoms with van der Waals surface area (Å²) in [5.41, 5.74) is 3.54. The number of hydrogen-bond donors (Lipinski definition) is 1. The Morgan fingerprint density at radius 2 is 1.86 bits per heavy atom. The van der Waals surface area contributed by atoms with Crippen LogP contribution >= 0.6 is 11.8 Å². The molecule has 0 radical (unpaired) electrons. The van der Waals surface area contributed by atoms with Crippen LogP contribution in [0.1, 0.15) is 41.3 Å². The molecule has 2 aliphatic heterocycles. The summed E-state index contributed by atoms with van der Waals surface area (Å²) in [4.78, 5) is 28.9. The van der Waals surface area contributed by atoms with Gasteiger partial charge in [0, 0.05) is 23.5 Å². The smallest absolute Gasteiger partial charge is 0.262 e. The van der Waals surface area contributed by atoms with Crippen LogP contribution in [0.15, 0.2) is 52.3 Å². The Kier molecular flexibility index (Phi) is 5.27. The molecule has 2 aromatic rings. The Labute approximate surface area is 170 Å². The average Bonchev–Trinajstić information content (AvgIpc) is 2.70. The van der Waals surface area contributed by atoms with Crippen molar-refractivity contribution in [3.63, 3.8) is 0 Å². The van der Waals surface area contributed by atoms with Crippen molar-refractivity contribution >= 4 is 35.3 Å². The minimum absolute atomic E-state index is 0.0509. The third kappa shape index (κ3) is 3.99. The van der Waals surface area contributed by atoms with Crippen molar-refractivity contribution in [1.29, 1.82) is 0 Å². The summed E-state index contributed by atoms with van der Waals surface area (Å²) in [5, 5.41) is 2.95. The highest BCUT2D eigenvalue weighted by Crippen LogP contribution is 2.39. The molecule has 0 saturated carbocycles. The van der Waals surface area contributed by atoms with Crippen LogP contribution in [0, 0.1) is 12.8 Å². The number of anilines is 1. The summed E-state index contributed by atoms with van der Waals surface area (Å²) in [6, 6.07) is 13.7. The third-order valence-corrected chi connectivity index (χ3v) is 6.46. The lowest BCUT2D eigenvalue weighted by Gasteiger charge is -2.30. The molecule has 1 saturated heterocycles. The molecule has 28 heavy (non-hydrogen) atoms. The van der Waals surface area contributed by atoms with Crippen LogP contribution in [-0.4, -0.2) is 29.8 Å². The zero-order valence-corrected chi connectivity index (χ0v) is 17.0. The minimum atomic E-state index is -0.130. The predicted molar refractivity (Wildman–Crippen MR) is 114 cm³/mol. The van der Waals surface area contributed by atoms with Gasteiger partial charge in [-0.1, -0.05) is 48.5 Å². The Morgan fingerprint density at radius 3 is 2.57 bits per heavy atom. The normalized spacial score (nSPS) is 18.7. The summed E-state index contributed by atoms with van der Waals surface area (Å²) in [6.45, 7) is 5.89. The lowest BCUT2D eigenvalue weighted by molar-refractivity contribution is -0.112. The summed E-state index contributed by atoms with van der Waals surface area (Å²) in [7, 11) is 0. The van der Waals surface area contributed by atoms with E-state index in [0.717, 1.165) is 36.4 Å². The molecule has 0 unspecified atom stereocenters. The van der Waals surface area contributed by atoms with Crippen molar-refractivity contribution in [3.05, 3.63) is 64.1 Å². The highest BCUT2D eigenvalue weighted by atomic mass is 32.2. The van der Waals surface area contributed by atoms with Gasteiger partial charge in [-0.25, -0.2) is 0 Å². The van der Waals surface area contributed by atoms with Crippen LogP contribution < -0.4 is 5.32 Å². The second-order valence-corrected chi connectivity index (χ2v) is 8.74. The Bertz CT molecular complexity index is 942. The van der Waals surface area contributed by atoms with E-state index in [0.29, 0.717) is 22.1 Å². The number of fused-ring (bicyclic) bond motifs is 1. The standard InChI is InChI=1S/C23H24N2O2S/c1-15-3-5-17(6-4-15)13-21-22(26)24-19-14-18(7-8-20(19)28-21)23(27)25-11-9-16(2)10-12-25/h3-8,13-14,16H,9-12H2,1-2H3,(H,24,26)/b21-13+. The quantitative estimate of drug-likeness (QED) is 0.736. The number of carbonyl (C=O) groups excluding carboxylic acids is 2. The van der Waals surface area contributed by atoms with E-state index in [1.165, 1.54) is 17.3 Å². The molecule has 2 heterocycles. The maximum Gasteiger partial charge on any atom is 0.262 e. The number of carbonyl (C=O) groups is 2. The number of thioether (sulfide) groups is 1. The molecule has 2 aromatic carbocycles. The maximum absolute atomic E-state index is 12.8. The molecule has 0 atom stereocenters. The molecule has 2 amide bonds. The number of piperidine rings is 1. The molecule has 5 heteroatoms. The first-order valence-electron chi connectivity index (χ1n) is 9.70. The van der Waals surface area contributed by atoms with Crippen LogP contribution in [0.4, 0.5) is 5.69 Å². The second-order valence-electron chi connectivity index (χ2n) is 7.66. The van der Waals surface area contributed by atoms with Crippen LogP contribution in [0.2, 0.25) is 0 Å². The largest absolute Gasteiger partial charge is 0.339 e. The van der Waals surface area contributed by atoms with Crippen molar-refractivity contribution in [2.45, 2.75) is 31.6 Å². The van der Waals surface area contributed by atoms with Gasteiger partial charge in [-0.2, -0.15) is 0 Å². The first kappa shape index (κ1) is 18.8. The lowest BCUT2D eigenvalue weighted by Crippen LogP contribution is -2.38. The monoisotopic (exact) mass is 392 g/mol. The Balaban J connectivity index is 1.53. The van der Waals surface area contributed by atoms with E-state index < -0.39 is 0 Å². The summed E-state index contributed by atoms with van der Waals surface area (Å²) in [6.07, 6.45) is 4.00. The van der Waals surface area contributed by atoms with Crippen LogP contribution in [0.25, 0.3) is 6.08 Å². The first-order chi connectivity index (χ1) is 13.5. The molecule has 0 bridgehead atoms.